The molecule has 2 unspecified atom stereocenters. The first-order valence-corrected chi connectivity index (χ1v) is 8.80. The van der Waals surface area contributed by atoms with Gasteiger partial charge in [-0.3, -0.25) is 9.59 Å². The molecule has 1 saturated carbocycles. The molecular formula is C20H21ClN2O3. The minimum atomic E-state index is -0.290. The molecule has 1 aliphatic rings. The summed E-state index contributed by atoms with van der Waals surface area (Å²) in [5.74, 6) is -0.148. The molecule has 0 heterocycles. The lowest BCUT2D eigenvalue weighted by Crippen LogP contribution is -2.29. The second kappa shape index (κ2) is 7.79. The van der Waals surface area contributed by atoms with Gasteiger partial charge in [0.25, 0.3) is 0 Å². The number of benzene rings is 2. The van der Waals surface area contributed by atoms with Crippen molar-refractivity contribution in [2.24, 2.45) is 11.8 Å². The summed E-state index contributed by atoms with van der Waals surface area (Å²) >= 11 is 6.07. The van der Waals surface area contributed by atoms with Crippen LogP contribution in [0.25, 0.3) is 0 Å². The molecule has 0 saturated heterocycles. The molecule has 5 nitrogen and oxygen atoms in total. The molecule has 26 heavy (non-hydrogen) atoms. The van der Waals surface area contributed by atoms with Gasteiger partial charge in [-0.05, 0) is 30.2 Å². The molecule has 0 radical (unpaired) electrons. The Morgan fingerprint density at radius 3 is 2.58 bits per heavy atom. The van der Waals surface area contributed by atoms with E-state index in [0.29, 0.717) is 29.4 Å². The van der Waals surface area contributed by atoms with Gasteiger partial charge >= 0.3 is 0 Å². The van der Waals surface area contributed by atoms with E-state index in [1.54, 1.807) is 30.1 Å². The number of nitrogens with zero attached hydrogens (tertiary/aromatic N) is 1. The van der Waals surface area contributed by atoms with E-state index in [2.05, 4.69) is 5.32 Å². The Hall–Kier alpha value is -2.53. The largest absolute Gasteiger partial charge is 0.495 e. The van der Waals surface area contributed by atoms with E-state index >= 15 is 0 Å². The van der Waals surface area contributed by atoms with E-state index in [0.717, 1.165) is 5.56 Å². The van der Waals surface area contributed by atoms with Crippen molar-refractivity contribution >= 4 is 29.1 Å². The van der Waals surface area contributed by atoms with Crippen molar-refractivity contribution < 1.29 is 14.3 Å². The highest BCUT2D eigenvalue weighted by Crippen LogP contribution is 2.41. The van der Waals surface area contributed by atoms with E-state index < -0.39 is 0 Å². The SMILES string of the molecule is COc1ccc(NC(=O)C2CC2C(=O)N(C)Cc2ccccc2)cc1Cl. The Kier molecular flexibility index (Phi) is 5.47. The first-order valence-electron chi connectivity index (χ1n) is 8.43. The highest BCUT2D eigenvalue weighted by Gasteiger charge is 2.49. The standard InChI is InChI=1S/C20H21ClN2O3/c1-23(12-13-6-4-3-5-7-13)20(25)16-11-15(16)19(24)22-14-8-9-18(26-2)17(21)10-14/h3-10,15-16H,11-12H2,1-2H3,(H,22,24). The maximum Gasteiger partial charge on any atom is 0.228 e. The van der Waals surface area contributed by atoms with E-state index in [1.807, 2.05) is 30.3 Å². The average Bonchev–Trinajstić information content (AvgIpc) is 3.43. The van der Waals surface area contributed by atoms with Gasteiger partial charge in [0, 0.05) is 19.3 Å². The van der Waals surface area contributed by atoms with Crippen LogP contribution >= 0.6 is 11.6 Å². The lowest BCUT2D eigenvalue weighted by Gasteiger charge is -2.17. The molecule has 136 valence electrons. The zero-order valence-corrected chi connectivity index (χ0v) is 15.5. The zero-order chi connectivity index (χ0) is 18.7. The van der Waals surface area contributed by atoms with Crippen molar-refractivity contribution in [3.8, 4) is 5.75 Å². The summed E-state index contributed by atoms with van der Waals surface area (Å²) in [4.78, 5) is 26.6. The van der Waals surface area contributed by atoms with Crippen molar-refractivity contribution in [3.63, 3.8) is 0 Å². The summed E-state index contributed by atoms with van der Waals surface area (Å²) in [6.07, 6.45) is 0.577. The summed E-state index contributed by atoms with van der Waals surface area (Å²) in [6.45, 7) is 0.540. The number of amides is 2. The molecule has 0 aromatic heterocycles. The van der Waals surface area contributed by atoms with Crippen molar-refractivity contribution in [2.75, 3.05) is 19.5 Å². The highest BCUT2D eigenvalue weighted by atomic mass is 35.5. The minimum Gasteiger partial charge on any atom is -0.495 e. The van der Waals surface area contributed by atoms with Crippen LogP contribution in [0, 0.1) is 11.8 Å². The first-order chi connectivity index (χ1) is 12.5. The van der Waals surface area contributed by atoms with Gasteiger partial charge in [0.15, 0.2) is 0 Å². The lowest BCUT2D eigenvalue weighted by molar-refractivity contribution is -0.133. The Balaban J connectivity index is 1.54. The molecule has 6 heteroatoms. The van der Waals surface area contributed by atoms with Gasteiger partial charge in [0.1, 0.15) is 5.75 Å². The maximum atomic E-state index is 12.5. The smallest absolute Gasteiger partial charge is 0.228 e. The van der Waals surface area contributed by atoms with Crippen LogP contribution in [0.3, 0.4) is 0 Å². The number of ether oxygens (including phenoxy) is 1. The fraction of sp³-hybridized carbons (Fsp3) is 0.300. The molecule has 2 aromatic carbocycles. The van der Waals surface area contributed by atoms with Crippen LogP contribution in [0.2, 0.25) is 5.02 Å². The van der Waals surface area contributed by atoms with Gasteiger partial charge in [0.05, 0.1) is 24.0 Å². The highest BCUT2D eigenvalue weighted by molar-refractivity contribution is 6.32. The number of anilines is 1. The van der Waals surface area contributed by atoms with Crippen molar-refractivity contribution in [3.05, 3.63) is 59.1 Å². The Bertz CT molecular complexity index is 810. The number of carbonyl (C=O) groups excluding carboxylic acids is 2. The fourth-order valence-corrected chi connectivity index (χ4v) is 3.21. The van der Waals surface area contributed by atoms with Crippen molar-refractivity contribution in [1.29, 1.82) is 0 Å². The monoisotopic (exact) mass is 372 g/mol. The molecule has 2 aromatic rings. The quantitative estimate of drug-likeness (QED) is 0.843. The molecule has 0 aliphatic heterocycles. The molecular weight excluding hydrogens is 352 g/mol. The number of hydrogen-bond donors (Lipinski definition) is 1. The number of carbonyl (C=O) groups is 2. The summed E-state index contributed by atoms with van der Waals surface area (Å²) < 4.78 is 5.09. The number of nitrogens with one attached hydrogen (secondary N) is 1. The predicted octanol–water partition coefficient (Wildman–Crippen LogP) is 3.58. The summed E-state index contributed by atoms with van der Waals surface area (Å²) in [6, 6.07) is 14.9. The van der Waals surface area contributed by atoms with Gasteiger partial charge < -0.3 is 15.0 Å². The van der Waals surface area contributed by atoms with E-state index in [4.69, 9.17) is 16.3 Å². The van der Waals surface area contributed by atoms with Crippen LogP contribution in [0.15, 0.2) is 48.5 Å². The third-order valence-electron chi connectivity index (χ3n) is 4.50. The normalized spacial score (nSPS) is 18.1. The lowest BCUT2D eigenvalue weighted by atomic mass is 10.2. The first kappa shape index (κ1) is 18.3. The number of halogens is 1. The van der Waals surface area contributed by atoms with Gasteiger partial charge in [-0.15, -0.1) is 0 Å². The topological polar surface area (TPSA) is 58.6 Å². The Morgan fingerprint density at radius 1 is 1.19 bits per heavy atom. The fourth-order valence-electron chi connectivity index (χ4n) is 2.96. The van der Waals surface area contributed by atoms with Gasteiger partial charge in [-0.25, -0.2) is 0 Å². The van der Waals surface area contributed by atoms with Crippen LogP contribution in [0.5, 0.6) is 5.75 Å². The Morgan fingerprint density at radius 2 is 1.92 bits per heavy atom. The zero-order valence-electron chi connectivity index (χ0n) is 14.7. The van der Waals surface area contributed by atoms with Crippen molar-refractivity contribution in [1.82, 2.24) is 4.90 Å². The van der Waals surface area contributed by atoms with Crippen LogP contribution in [-0.4, -0.2) is 30.9 Å². The number of hydrogen-bond acceptors (Lipinski definition) is 3. The van der Waals surface area contributed by atoms with Crippen molar-refractivity contribution in [2.45, 2.75) is 13.0 Å². The molecule has 0 spiro atoms. The molecule has 2 atom stereocenters. The molecule has 0 bridgehead atoms. The molecule has 1 N–H and O–H groups in total. The molecule has 1 aliphatic carbocycles. The summed E-state index contributed by atoms with van der Waals surface area (Å²) in [5.41, 5.74) is 1.66. The molecule has 3 rings (SSSR count). The second-order valence-corrected chi connectivity index (χ2v) is 6.87. The van der Waals surface area contributed by atoms with Crippen LogP contribution in [-0.2, 0) is 16.1 Å². The van der Waals surface area contributed by atoms with Gasteiger partial charge in [-0.2, -0.15) is 0 Å². The Labute approximate surface area is 157 Å². The molecule has 2 amide bonds. The van der Waals surface area contributed by atoms with E-state index in [1.165, 1.54) is 7.11 Å². The average molecular weight is 373 g/mol. The number of methoxy groups -OCH3 is 1. The van der Waals surface area contributed by atoms with Crippen LogP contribution in [0.4, 0.5) is 5.69 Å². The summed E-state index contributed by atoms with van der Waals surface area (Å²) in [5, 5.41) is 3.25. The van der Waals surface area contributed by atoms with E-state index in [-0.39, 0.29) is 23.7 Å². The third-order valence-corrected chi connectivity index (χ3v) is 4.80. The number of rotatable bonds is 6. The minimum absolute atomic E-state index is 0.00164. The van der Waals surface area contributed by atoms with Crippen LogP contribution < -0.4 is 10.1 Å². The van der Waals surface area contributed by atoms with Crippen LogP contribution in [0.1, 0.15) is 12.0 Å². The van der Waals surface area contributed by atoms with E-state index in [9.17, 15) is 9.59 Å². The maximum absolute atomic E-state index is 12.5. The van der Waals surface area contributed by atoms with Gasteiger partial charge in [-0.1, -0.05) is 41.9 Å². The second-order valence-electron chi connectivity index (χ2n) is 6.47. The van der Waals surface area contributed by atoms with Gasteiger partial charge in [0.2, 0.25) is 11.8 Å². The molecule has 1 fully saturated rings. The summed E-state index contributed by atoms with van der Waals surface area (Å²) in [7, 11) is 3.30. The predicted molar refractivity (Wildman–Crippen MR) is 101 cm³/mol. The third kappa shape index (κ3) is 4.17.